The fourth-order valence-electron chi connectivity index (χ4n) is 8.50. The zero-order chi connectivity index (χ0) is 31.5. The summed E-state index contributed by atoms with van der Waals surface area (Å²) in [6, 6.07) is 0. The largest absolute Gasteiger partial charge is 0.396 e. The number of aliphatic hydroxyl groups excluding tert-OH is 6. The van der Waals surface area contributed by atoms with E-state index in [4.69, 9.17) is 9.47 Å². The van der Waals surface area contributed by atoms with Crippen molar-refractivity contribution in [2.75, 3.05) is 13.2 Å². The number of ether oxygens (including phenoxy) is 2. The Balaban J connectivity index is 2.06. The van der Waals surface area contributed by atoms with Crippen LogP contribution >= 0.6 is 0 Å². The van der Waals surface area contributed by atoms with Gasteiger partial charge < -0.3 is 40.1 Å². The molecule has 3 rings (SSSR count). The standard InChI is InChI=1S/C33H56O9/c1-8-9-18(3)28(37)21(6)24(41-32-31(40)30(39)29(38)25(16-35)42-32)15-23-19(4)14-22-13-17(2)12-20(5)27(22)33(23,7)26(36)10-11-34/h9,14,17,20-25,27-32,34-35,37-40H,8,10-13,15-16H2,1-7H3/b18-9+/t17-,20+,21-,22+,23-,24-,25+,27-,28-,29+,30-,31+,32+,33+/m0/s1/i9+1,12+1,14+1,24+1,26+1,27+1,28+1. The molecule has 1 saturated heterocycles. The average Bonchev–Trinajstić information content (AvgIpc) is 2.93. The Kier molecular flexibility index (Phi) is 12.4. The van der Waals surface area contributed by atoms with Gasteiger partial charge in [0, 0.05) is 24.4 Å². The molecule has 0 aromatic rings. The van der Waals surface area contributed by atoms with E-state index in [1.165, 1.54) is 0 Å². The molecule has 0 radical (unpaired) electrons. The Morgan fingerprint density at radius 3 is 2.43 bits per heavy atom. The van der Waals surface area contributed by atoms with E-state index in [1.54, 1.807) is 0 Å². The lowest BCUT2D eigenvalue weighted by Crippen LogP contribution is -2.60. The third-order valence-corrected chi connectivity index (χ3v) is 10.6. The van der Waals surface area contributed by atoms with E-state index in [2.05, 4.69) is 19.9 Å². The third-order valence-electron chi connectivity index (χ3n) is 10.6. The highest BCUT2D eigenvalue weighted by atomic mass is 16.7. The summed E-state index contributed by atoms with van der Waals surface area (Å²) in [6.07, 6.45) is -1.41. The van der Waals surface area contributed by atoms with Gasteiger partial charge in [0.1, 0.15) is 30.2 Å². The first kappa shape index (κ1) is 35.3. The maximum absolute atomic E-state index is 14.0. The van der Waals surface area contributed by atoms with Gasteiger partial charge in [0.2, 0.25) is 0 Å². The van der Waals surface area contributed by atoms with E-state index in [9.17, 15) is 35.4 Å². The second kappa shape index (κ2) is 14.7. The van der Waals surface area contributed by atoms with Crippen molar-refractivity contribution in [3.05, 3.63) is 23.3 Å². The van der Waals surface area contributed by atoms with Gasteiger partial charge in [-0.05, 0) is 74.7 Å². The molecule has 9 heteroatoms. The molecule has 1 heterocycles. The van der Waals surface area contributed by atoms with Crippen LogP contribution in [0.25, 0.3) is 0 Å². The van der Waals surface area contributed by atoms with E-state index < -0.39 is 60.9 Å². The van der Waals surface area contributed by atoms with Crippen LogP contribution in [0.4, 0.5) is 0 Å². The quantitative estimate of drug-likeness (QED) is 0.146. The van der Waals surface area contributed by atoms with Crippen LogP contribution in [0.2, 0.25) is 0 Å². The molecule has 42 heavy (non-hydrogen) atoms. The van der Waals surface area contributed by atoms with Crippen LogP contribution < -0.4 is 0 Å². The number of aliphatic hydroxyl groups is 6. The van der Waals surface area contributed by atoms with Gasteiger partial charge in [0.25, 0.3) is 0 Å². The Morgan fingerprint density at radius 1 is 1.17 bits per heavy atom. The van der Waals surface area contributed by atoms with Crippen molar-refractivity contribution in [3.8, 4) is 0 Å². The number of rotatable bonds is 12. The van der Waals surface area contributed by atoms with Crippen LogP contribution in [0.15, 0.2) is 23.3 Å². The lowest BCUT2D eigenvalue weighted by atomic mass is 9.70. The fourth-order valence-corrected chi connectivity index (χ4v) is 8.50. The molecule has 0 aromatic carbocycles. The van der Waals surface area contributed by atoms with E-state index in [1.807, 2.05) is 40.7 Å². The number of hydrogen-bond acceptors (Lipinski definition) is 9. The predicted octanol–water partition coefficient (Wildman–Crippen LogP) is 2.75. The first-order valence-electron chi connectivity index (χ1n) is 15.9. The molecule has 0 bridgehead atoms. The number of fused-ring (bicyclic) bond motifs is 1. The molecule has 2 aliphatic carbocycles. The van der Waals surface area contributed by atoms with Gasteiger partial charge in [-0.2, -0.15) is 0 Å². The molecule has 0 unspecified atom stereocenters. The van der Waals surface area contributed by atoms with Crippen molar-refractivity contribution < 1.29 is 44.9 Å². The van der Waals surface area contributed by atoms with Crippen molar-refractivity contribution in [1.29, 1.82) is 0 Å². The molecule has 0 spiro atoms. The van der Waals surface area contributed by atoms with E-state index in [0.29, 0.717) is 18.3 Å². The van der Waals surface area contributed by atoms with Gasteiger partial charge in [-0.3, -0.25) is 4.79 Å². The molecule has 1 aliphatic heterocycles. The van der Waals surface area contributed by atoms with Crippen LogP contribution in [0.1, 0.15) is 80.6 Å². The second-order valence-corrected chi connectivity index (χ2v) is 13.7. The maximum atomic E-state index is 14.0. The number of hydrogen-bond donors (Lipinski definition) is 6. The second-order valence-electron chi connectivity index (χ2n) is 13.7. The summed E-state index contributed by atoms with van der Waals surface area (Å²) in [5, 5.41) is 62.5. The van der Waals surface area contributed by atoms with Crippen LogP contribution in [0, 0.1) is 40.9 Å². The summed E-state index contributed by atoms with van der Waals surface area (Å²) >= 11 is 0. The van der Waals surface area contributed by atoms with Gasteiger partial charge in [-0.25, -0.2) is 0 Å². The number of carbonyl (C=O) groups is 1. The van der Waals surface area contributed by atoms with Gasteiger partial charge in [-0.1, -0.05) is 52.3 Å². The third kappa shape index (κ3) is 7.04. The summed E-state index contributed by atoms with van der Waals surface area (Å²) in [4.78, 5) is 14.0. The fraction of sp³-hybridized carbons (Fsp3) is 0.848. The molecule has 0 amide bonds. The number of Topliss-reactive ketones (excluding diaryl/α,β-unsaturated/α-hetero) is 1. The molecule has 1 saturated carbocycles. The van der Waals surface area contributed by atoms with Crippen LogP contribution in [-0.2, 0) is 14.3 Å². The van der Waals surface area contributed by atoms with Crippen molar-refractivity contribution in [1.82, 2.24) is 0 Å². The van der Waals surface area contributed by atoms with E-state index in [0.717, 1.165) is 30.4 Å². The smallest absolute Gasteiger partial charge is 0.186 e. The molecule has 242 valence electrons. The highest BCUT2D eigenvalue weighted by Gasteiger charge is 2.56. The first-order chi connectivity index (χ1) is 19.7. The van der Waals surface area contributed by atoms with E-state index in [-0.39, 0.29) is 36.6 Å². The van der Waals surface area contributed by atoms with Crippen molar-refractivity contribution in [2.24, 2.45) is 40.9 Å². The summed E-state index contributed by atoms with van der Waals surface area (Å²) in [7, 11) is 0. The number of ketones is 1. The van der Waals surface area contributed by atoms with Gasteiger partial charge in [0.05, 0.1) is 18.8 Å². The molecule has 3 aliphatic rings. The normalized spacial score (nSPS) is 41.5. The summed E-state index contributed by atoms with van der Waals surface area (Å²) < 4.78 is 12.1. The lowest BCUT2D eigenvalue weighted by molar-refractivity contribution is -0.317. The molecular formula is C33H56O9. The minimum atomic E-state index is -1.60. The summed E-state index contributed by atoms with van der Waals surface area (Å²) in [5.41, 5.74) is 1.05. The summed E-state index contributed by atoms with van der Waals surface area (Å²) in [5.74, 6) is 0.415. The lowest BCUT2D eigenvalue weighted by Gasteiger charge is -2.55. The summed E-state index contributed by atoms with van der Waals surface area (Å²) in [6.45, 7) is 13.4. The Bertz CT molecular complexity index is 963. The number of allylic oxidation sites excluding steroid dienone is 3. The molecule has 2 fully saturated rings. The Hall–Kier alpha value is -1.17. The van der Waals surface area contributed by atoms with Gasteiger partial charge >= 0.3 is 0 Å². The highest BCUT2D eigenvalue weighted by Crippen LogP contribution is 2.58. The van der Waals surface area contributed by atoms with Gasteiger partial charge in [0.15, 0.2) is 6.29 Å². The SMILES string of the molecule is CC/[13CH]=C(\C)[13C@H](O)[C@@H](C)[13C@H](C[C@H]1C(C)=[13CH][C@H]2C[C@@H](C)[13CH2][C@@H](C)[13C@@H]2[C@@]1(C)[13C](=O)CCO)O[C@@H]1O[C@H](CO)[C@@H](O)[C@H](O)[C@H]1O. The van der Waals surface area contributed by atoms with Crippen LogP contribution in [0.3, 0.4) is 0 Å². The zero-order valence-corrected chi connectivity index (χ0v) is 26.5. The average molecular weight is 604 g/mol. The zero-order valence-electron chi connectivity index (χ0n) is 26.5. The first-order valence-corrected chi connectivity index (χ1v) is 15.9. The minimum absolute atomic E-state index is 0.0145. The minimum Gasteiger partial charge on any atom is -0.396 e. The monoisotopic (exact) mass is 603 g/mol. The van der Waals surface area contributed by atoms with Crippen molar-refractivity contribution in [2.45, 2.75) is 123 Å². The Morgan fingerprint density at radius 2 is 1.83 bits per heavy atom. The van der Waals surface area contributed by atoms with Crippen LogP contribution in [0.5, 0.6) is 0 Å². The van der Waals surface area contributed by atoms with Crippen LogP contribution in [-0.4, -0.2) is 92.5 Å². The topological polar surface area (TPSA) is 157 Å². The van der Waals surface area contributed by atoms with Gasteiger partial charge in [-0.15, -0.1) is 0 Å². The molecule has 0 aromatic heterocycles. The van der Waals surface area contributed by atoms with Crippen molar-refractivity contribution in [3.63, 3.8) is 0 Å². The maximum Gasteiger partial charge on any atom is 0.186 e. The molecule has 14 atom stereocenters. The predicted molar refractivity (Wildman–Crippen MR) is 159 cm³/mol. The number of carbonyl (C=O) groups excluding carboxylic acids is 1. The highest BCUT2D eigenvalue weighted by molar-refractivity contribution is 5.86. The molecule has 9 nitrogen and oxygen atoms in total. The Labute approximate surface area is 251 Å². The molecule has 6 N–H and O–H groups in total. The van der Waals surface area contributed by atoms with Crippen molar-refractivity contribution >= 4 is 5.78 Å². The van der Waals surface area contributed by atoms with E-state index >= 15 is 0 Å². The molecular weight excluding hydrogens is 547 g/mol.